The molecule has 0 spiro atoms. The first-order chi connectivity index (χ1) is 7.87. The van der Waals surface area contributed by atoms with Gasteiger partial charge >= 0.3 is 13.6 Å². The molecule has 0 atom stereocenters. The molecular weight excluding hydrogens is 247 g/mol. The van der Waals surface area contributed by atoms with Crippen LogP contribution in [0, 0.1) is 0 Å². The van der Waals surface area contributed by atoms with Crippen LogP contribution in [-0.4, -0.2) is 43.6 Å². The quantitative estimate of drug-likeness (QED) is 0.622. The summed E-state index contributed by atoms with van der Waals surface area (Å²) >= 11 is 0. The van der Waals surface area contributed by atoms with Gasteiger partial charge in [0.1, 0.15) is 6.29 Å². The Balaban J connectivity index is 2.70. The summed E-state index contributed by atoms with van der Waals surface area (Å²) in [6.45, 7) is -0.270. The lowest BCUT2D eigenvalue weighted by molar-refractivity contribution is -0.138. The van der Waals surface area contributed by atoms with Crippen molar-refractivity contribution in [2.75, 3.05) is 12.8 Å². The van der Waals surface area contributed by atoms with Gasteiger partial charge in [-0.25, -0.2) is 0 Å². The summed E-state index contributed by atoms with van der Waals surface area (Å²) in [5, 5.41) is 8.65. The highest BCUT2D eigenvalue weighted by molar-refractivity contribution is 7.51. The van der Waals surface area contributed by atoms with Crippen molar-refractivity contribution < 1.29 is 24.3 Å². The smallest absolute Gasteiger partial charge is 0.339 e. The van der Waals surface area contributed by atoms with Crippen molar-refractivity contribution in [2.45, 2.75) is 6.54 Å². The Morgan fingerprint density at radius 2 is 1.94 bits per heavy atom. The number of pyridine rings is 1. The second-order valence-corrected chi connectivity index (χ2v) is 5.15. The summed E-state index contributed by atoms with van der Waals surface area (Å²) in [5.41, 5.74) is 0.745. The van der Waals surface area contributed by atoms with Crippen molar-refractivity contribution in [2.24, 2.45) is 0 Å². The molecule has 1 aromatic rings. The number of hydrogen-bond acceptors (Lipinski definition) is 4. The highest BCUT2D eigenvalue weighted by Crippen LogP contribution is 2.35. The lowest BCUT2D eigenvalue weighted by Gasteiger charge is -2.20. The summed E-state index contributed by atoms with van der Waals surface area (Å²) < 4.78 is 10.9. The molecular formula is C9H13N2O5P. The molecule has 7 nitrogen and oxygen atoms in total. The van der Waals surface area contributed by atoms with Crippen molar-refractivity contribution in [1.82, 2.24) is 9.88 Å². The molecule has 0 aliphatic heterocycles. The number of hydrogen-bond donors (Lipinski definition) is 3. The molecule has 0 radical (unpaired) electrons. The first kappa shape index (κ1) is 13.8. The van der Waals surface area contributed by atoms with Gasteiger partial charge in [0.15, 0.2) is 0 Å². The molecule has 17 heavy (non-hydrogen) atoms. The van der Waals surface area contributed by atoms with Gasteiger partial charge in [-0.15, -0.1) is 0 Å². The van der Waals surface area contributed by atoms with Crippen LogP contribution in [-0.2, 0) is 15.9 Å². The molecule has 1 aromatic heterocycles. The number of carbonyl (C=O) groups is 1. The van der Waals surface area contributed by atoms with Crippen molar-refractivity contribution >= 4 is 13.6 Å². The summed E-state index contributed by atoms with van der Waals surface area (Å²) in [6.07, 6.45) is 2.49. The van der Waals surface area contributed by atoms with E-state index in [4.69, 9.17) is 14.9 Å². The second-order valence-electron chi connectivity index (χ2n) is 3.54. The first-order valence-corrected chi connectivity index (χ1v) is 6.54. The number of aromatic nitrogens is 1. The molecule has 0 aliphatic rings. The first-order valence-electron chi connectivity index (χ1n) is 4.74. The summed E-state index contributed by atoms with van der Waals surface area (Å²) in [5.74, 6) is -1.13. The molecule has 8 heteroatoms. The number of carboxylic acid groups (broad SMARTS) is 1. The van der Waals surface area contributed by atoms with Crippen molar-refractivity contribution in [3.63, 3.8) is 0 Å². The van der Waals surface area contributed by atoms with Gasteiger partial charge in [-0.2, -0.15) is 0 Å². The molecule has 1 heterocycles. The molecule has 0 amide bonds. The minimum absolute atomic E-state index is 0.153. The Morgan fingerprint density at radius 3 is 2.41 bits per heavy atom. The topological polar surface area (TPSA) is 111 Å². The van der Waals surface area contributed by atoms with Gasteiger partial charge in [-0.05, 0) is 17.7 Å². The van der Waals surface area contributed by atoms with E-state index in [1.54, 1.807) is 12.1 Å². The van der Waals surface area contributed by atoms with Crippen LogP contribution in [0.1, 0.15) is 5.56 Å². The SMILES string of the molecule is O=C(O)CN(Cc1ccncc1)CP(=O)(O)O. The van der Waals surface area contributed by atoms with Crippen LogP contribution in [0.15, 0.2) is 24.5 Å². The molecule has 0 bridgehead atoms. The number of aliphatic carboxylic acids is 1. The zero-order valence-corrected chi connectivity index (χ0v) is 9.82. The van der Waals surface area contributed by atoms with Gasteiger partial charge in [-0.1, -0.05) is 0 Å². The fourth-order valence-corrected chi connectivity index (χ4v) is 2.08. The number of rotatable bonds is 6. The van der Waals surface area contributed by atoms with E-state index >= 15 is 0 Å². The molecule has 1 rings (SSSR count). The van der Waals surface area contributed by atoms with E-state index in [1.165, 1.54) is 17.3 Å². The second kappa shape index (κ2) is 5.88. The van der Waals surface area contributed by atoms with E-state index in [1.807, 2.05) is 0 Å². The van der Waals surface area contributed by atoms with Crippen LogP contribution < -0.4 is 0 Å². The Kier molecular flexibility index (Phi) is 4.77. The monoisotopic (exact) mass is 260 g/mol. The van der Waals surface area contributed by atoms with Crippen LogP contribution >= 0.6 is 7.60 Å². The third-order valence-corrected chi connectivity index (χ3v) is 2.67. The van der Waals surface area contributed by atoms with Crippen molar-refractivity contribution in [1.29, 1.82) is 0 Å². The molecule has 0 saturated heterocycles. The molecule has 0 fully saturated rings. The highest BCUT2D eigenvalue weighted by atomic mass is 31.2. The van der Waals surface area contributed by atoms with Crippen LogP contribution in [0.3, 0.4) is 0 Å². The summed E-state index contributed by atoms with van der Waals surface area (Å²) in [6, 6.07) is 3.32. The Hall–Kier alpha value is -1.27. The molecule has 0 saturated carbocycles. The zero-order valence-electron chi connectivity index (χ0n) is 8.93. The fraction of sp³-hybridized carbons (Fsp3) is 0.333. The van der Waals surface area contributed by atoms with Crippen LogP contribution in [0.2, 0.25) is 0 Å². The Morgan fingerprint density at radius 1 is 1.35 bits per heavy atom. The van der Waals surface area contributed by atoms with Gasteiger partial charge in [-0.3, -0.25) is 19.2 Å². The molecule has 0 unspecified atom stereocenters. The van der Waals surface area contributed by atoms with Crippen LogP contribution in [0.4, 0.5) is 0 Å². The Labute approximate surface area is 97.9 Å². The molecule has 0 aromatic carbocycles. The van der Waals surface area contributed by atoms with Crippen molar-refractivity contribution in [3.05, 3.63) is 30.1 Å². The predicted octanol–water partition coefficient (Wildman–Crippen LogP) is 0.103. The van der Waals surface area contributed by atoms with E-state index < -0.39 is 26.4 Å². The predicted molar refractivity (Wildman–Crippen MR) is 59.2 cm³/mol. The molecule has 94 valence electrons. The summed E-state index contributed by atoms with van der Waals surface area (Å²) in [7, 11) is -4.27. The third kappa shape index (κ3) is 6.13. The maximum absolute atomic E-state index is 10.9. The average molecular weight is 260 g/mol. The summed E-state index contributed by atoms with van der Waals surface area (Å²) in [4.78, 5) is 33.2. The van der Waals surface area contributed by atoms with E-state index in [2.05, 4.69) is 4.98 Å². The highest BCUT2D eigenvalue weighted by Gasteiger charge is 2.21. The van der Waals surface area contributed by atoms with Gasteiger partial charge in [0.25, 0.3) is 0 Å². The van der Waals surface area contributed by atoms with E-state index in [-0.39, 0.29) is 6.54 Å². The lowest BCUT2D eigenvalue weighted by Crippen LogP contribution is -2.30. The van der Waals surface area contributed by atoms with Gasteiger partial charge < -0.3 is 14.9 Å². The maximum atomic E-state index is 10.9. The zero-order chi connectivity index (χ0) is 12.9. The number of nitrogens with zero attached hydrogens (tertiary/aromatic N) is 2. The maximum Gasteiger partial charge on any atom is 0.339 e. The van der Waals surface area contributed by atoms with Crippen LogP contribution in [0.5, 0.6) is 0 Å². The third-order valence-electron chi connectivity index (χ3n) is 1.90. The lowest BCUT2D eigenvalue weighted by atomic mass is 10.2. The van der Waals surface area contributed by atoms with E-state index in [0.717, 1.165) is 5.56 Å². The van der Waals surface area contributed by atoms with Gasteiger partial charge in [0.05, 0.1) is 6.54 Å². The Bertz CT molecular complexity index is 419. The molecule has 3 N–H and O–H groups in total. The standard InChI is InChI=1S/C9H13N2O5P/c12-9(13)6-11(7-17(14,15)16)5-8-1-3-10-4-2-8/h1-4H,5-7H2,(H,12,13)(H2,14,15,16). The minimum Gasteiger partial charge on any atom is -0.480 e. The normalized spacial score (nSPS) is 11.7. The average Bonchev–Trinajstić information content (AvgIpc) is 2.15. The van der Waals surface area contributed by atoms with Crippen LogP contribution in [0.25, 0.3) is 0 Å². The number of carboxylic acids is 1. The van der Waals surface area contributed by atoms with E-state index in [0.29, 0.717) is 0 Å². The van der Waals surface area contributed by atoms with E-state index in [9.17, 15) is 9.36 Å². The minimum atomic E-state index is -4.27. The van der Waals surface area contributed by atoms with Gasteiger partial charge in [0.2, 0.25) is 0 Å². The molecule has 0 aliphatic carbocycles. The fourth-order valence-electron chi connectivity index (χ4n) is 1.35. The van der Waals surface area contributed by atoms with Gasteiger partial charge in [0, 0.05) is 18.9 Å². The largest absolute Gasteiger partial charge is 0.480 e. The van der Waals surface area contributed by atoms with Crippen molar-refractivity contribution in [3.8, 4) is 0 Å².